The summed E-state index contributed by atoms with van der Waals surface area (Å²) < 4.78 is 0. The zero-order valence-corrected chi connectivity index (χ0v) is 8.53. The van der Waals surface area contributed by atoms with Crippen LogP contribution in [0.25, 0.3) is 0 Å². The van der Waals surface area contributed by atoms with E-state index < -0.39 is 0 Å². The van der Waals surface area contributed by atoms with E-state index in [0.717, 1.165) is 18.5 Å². The molecule has 0 bridgehead atoms. The van der Waals surface area contributed by atoms with E-state index >= 15 is 0 Å². The number of aromatic nitrogens is 1. The Balaban J connectivity index is 1.93. The lowest BCUT2D eigenvalue weighted by Crippen LogP contribution is -2.40. The van der Waals surface area contributed by atoms with Crippen molar-refractivity contribution in [2.24, 2.45) is 0 Å². The molecule has 0 aliphatic carbocycles. The number of ketones is 1. The molecule has 1 fully saturated rings. The molecule has 1 N–H and O–H groups in total. The Morgan fingerprint density at radius 2 is 2.40 bits per heavy atom. The van der Waals surface area contributed by atoms with Crippen molar-refractivity contribution in [2.45, 2.75) is 19.3 Å². The Hall–Kier alpha value is -1.58. The number of aromatic amines is 1. The van der Waals surface area contributed by atoms with E-state index in [4.69, 9.17) is 0 Å². The SMILES string of the molecule is O=C1CCCN(C(=O)Cc2cc[nH]c2)C1. The standard InChI is InChI=1S/C11H14N2O2/c14-10-2-1-5-13(8-10)11(15)6-9-3-4-12-7-9/h3-4,7,12H,1-2,5-6,8H2. The van der Waals surface area contributed by atoms with Crippen LogP contribution in [0, 0.1) is 0 Å². The first kappa shape index (κ1) is 9.96. The minimum Gasteiger partial charge on any atom is -0.367 e. The van der Waals surface area contributed by atoms with Crippen molar-refractivity contribution in [2.75, 3.05) is 13.1 Å². The van der Waals surface area contributed by atoms with Crippen molar-refractivity contribution >= 4 is 11.7 Å². The summed E-state index contributed by atoms with van der Waals surface area (Å²) in [5, 5.41) is 0. The topological polar surface area (TPSA) is 53.2 Å². The predicted octanol–water partition coefficient (Wildman–Crippen LogP) is 0.749. The lowest BCUT2D eigenvalue weighted by atomic mass is 10.1. The monoisotopic (exact) mass is 206 g/mol. The van der Waals surface area contributed by atoms with Crippen molar-refractivity contribution in [1.82, 2.24) is 9.88 Å². The van der Waals surface area contributed by atoms with E-state index in [1.807, 2.05) is 12.3 Å². The molecule has 2 heterocycles. The molecular weight excluding hydrogens is 192 g/mol. The van der Waals surface area contributed by atoms with Gasteiger partial charge in [0.15, 0.2) is 5.78 Å². The second kappa shape index (κ2) is 4.29. The van der Waals surface area contributed by atoms with Crippen molar-refractivity contribution in [1.29, 1.82) is 0 Å². The highest BCUT2D eigenvalue weighted by Gasteiger charge is 2.21. The number of carbonyl (C=O) groups excluding carboxylic acids is 2. The van der Waals surface area contributed by atoms with Gasteiger partial charge in [-0.25, -0.2) is 0 Å². The summed E-state index contributed by atoms with van der Waals surface area (Å²) in [6.45, 7) is 1.01. The fraction of sp³-hybridized carbons (Fsp3) is 0.455. The highest BCUT2D eigenvalue weighted by molar-refractivity contribution is 5.87. The van der Waals surface area contributed by atoms with Crippen LogP contribution in [0.4, 0.5) is 0 Å². The van der Waals surface area contributed by atoms with Gasteiger partial charge in [-0.1, -0.05) is 0 Å². The molecule has 0 aromatic carbocycles. The van der Waals surface area contributed by atoms with Crippen LogP contribution in [0.5, 0.6) is 0 Å². The summed E-state index contributed by atoms with van der Waals surface area (Å²) in [7, 11) is 0. The van der Waals surface area contributed by atoms with Gasteiger partial charge in [-0.05, 0) is 18.1 Å². The van der Waals surface area contributed by atoms with E-state index in [1.165, 1.54) is 0 Å². The molecule has 0 atom stereocenters. The summed E-state index contributed by atoms with van der Waals surface area (Å²) in [6.07, 6.45) is 5.41. The maximum Gasteiger partial charge on any atom is 0.227 e. The van der Waals surface area contributed by atoms with E-state index in [1.54, 1.807) is 11.1 Å². The predicted molar refractivity (Wildman–Crippen MR) is 55.3 cm³/mol. The number of nitrogens with one attached hydrogen (secondary N) is 1. The summed E-state index contributed by atoms with van der Waals surface area (Å²) in [6, 6.07) is 1.88. The van der Waals surface area contributed by atoms with Crippen LogP contribution in [0.3, 0.4) is 0 Å². The molecule has 1 aromatic heterocycles. The van der Waals surface area contributed by atoms with Crippen LogP contribution in [0.2, 0.25) is 0 Å². The highest BCUT2D eigenvalue weighted by atomic mass is 16.2. The van der Waals surface area contributed by atoms with E-state index in [-0.39, 0.29) is 11.7 Å². The smallest absolute Gasteiger partial charge is 0.227 e. The Morgan fingerprint density at radius 3 is 3.07 bits per heavy atom. The van der Waals surface area contributed by atoms with Crippen molar-refractivity contribution < 1.29 is 9.59 Å². The first-order valence-electron chi connectivity index (χ1n) is 5.17. The number of piperidine rings is 1. The Morgan fingerprint density at radius 1 is 1.53 bits per heavy atom. The van der Waals surface area contributed by atoms with Gasteiger partial charge in [0.25, 0.3) is 0 Å². The molecule has 4 nitrogen and oxygen atoms in total. The molecule has 2 rings (SSSR count). The van der Waals surface area contributed by atoms with Gasteiger partial charge in [-0.2, -0.15) is 0 Å². The molecule has 0 radical (unpaired) electrons. The van der Waals surface area contributed by atoms with Gasteiger partial charge in [-0.15, -0.1) is 0 Å². The maximum absolute atomic E-state index is 11.8. The number of carbonyl (C=O) groups is 2. The molecule has 1 aliphatic rings. The molecule has 1 aromatic rings. The fourth-order valence-corrected chi connectivity index (χ4v) is 1.81. The summed E-state index contributed by atoms with van der Waals surface area (Å²) >= 11 is 0. The van der Waals surface area contributed by atoms with E-state index in [0.29, 0.717) is 19.4 Å². The van der Waals surface area contributed by atoms with Gasteiger partial charge in [-0.3, -0.25) is 9.59 Å². The van der Waals surface area contributed by atoms with Gasteiger partial charge < -0.3 is 9.88 Å². The molecule has 1 amide bonds. The molecule has 0 unspecified atom stereocenters. The molecule has 0 spiro atoms. The number of nitrogens with zero attached hydrogens (tertiary/aromatic N) is 1. The number of likely N-dealkylation sites (tertiary alicyclic amines) is 1. The van der Waals surface area contributed by atoms with Crippen LogP contribution in [-0.4, -0.2) is 34.7 Å². The lowest BCUT2D eigenvalue weighted by molar-refractivity contribution is -0.137. The highest BCUT2D eigenvalue weighted by Crippen LogP contribution is 2.08. The quantitative estimate of drug-likeness (QED) is 0.776. The van der Waals surface area contributed by atoms with Gasteiger partial charge in [0.1, 0.15) is 0 Å². The van der Waals surface area contributed by atoms with Crippen LogP contribution in [-0.2, 0) is 16.0 Å². The van der Waals surface area contributed by atoms with Crippen LogP contribution < -0.4 is 0 Å². The third-order valence-electron chi connectivity index (χ3n) is 2.62. The van der Waals surface area contributed by atoms with E-state index in [2.05, 4.69) is 4.98 Å². The summed E-state index contributed by atoms with van der Waals surface area (Å²) in [4.78, 5) is 27.5. The maximum atomic E-state index is 11.8. The molecule has 4 heteroatoms. The number of H-pyrrole nitrogens is 1. The van der Waals surface area contributed by atoms with Crippen molar-refractivity contribution in [3.63, 3.8) is 0 Å². The largest absolute Gasteiger partial charge is 0.367 e. The molecule has 80 valence electrons. The van der Waals surface area contributed by atoms with Crippen LogP contribution in [0.15, 0.2) is 18.5 Å². The molecule has 15 heavy (non-hydrogen) atoms. The van der Waals surface area contributed by atoms with Gasteiger partial charge in [0.2, 0.25) is 5.91 Å². The molecule has 1 saturated heterocycles. The first-order chi connectivity index (χ1) is 7.25. The average Bonchev–Trinajstić information content (AvgIpc) is 2.70. The summed E-state index contributed by atoms with van der Waals surface area (Å²) in [5.41, 5.74) is 0.970. The zero-order valence-electron chi connectivity index (χ0n) is 8.53. The second-order valence-electron chi connectivity index (χ2n) is 3.85. The van der Waals surface area contributed by atoms with Crippen molar-refractivity contribution in [3.05, 3.63) is 24.0 Å². The number of Topliss-reactive ketones (excluding diaryl/α,β-unsaturated/α-hetero) is 1. The molecular formula is C11H14N2O2. The average molecular weight is 206 g/mol. The minimum absolute atomic E-state index is 0.0441. The Bertz CT molecular complexity index is 357. The van der Waals surface area contributed by atoms with Crippen LogP contribution >= 0.6 is 0 Å². The minimum atomic E-state index is 0.0441. The molecule has 0 saturated carbocycles. The third kappa shape index (κ3) is 2.46. The third-order valence-corrected chi connectivity index (χ3v) is 2.62. The van der Waals surface area contributed by atoms with Gasteiger partial charge in [0.05, 0.1) is 13.0 Å². The van der Waals surface area contributed by atoms with E-state index in [9.17, 15) is 9.59 Å². The normalized spacial score (nSPS) is 16.8. The van der Waals surface area contributed by atoms with Crippen LogP contribution in [0.1, 0.15) is 18.4 Å². The number of hydrogen-bond acceptors (Lipinski definition) is 2. The summed E-state index contributed by atoms with van der Waals surface area (Å²) in [5.74, 6) is 0.214. The Labute approximate surface area is 88.3 Å². The lowest BCUT2D eigenvalue weighted by Gasteiger charge is -2.25. The fourth-order valence-electron chi connectivity index (χ4n) is 1.81. The zero-order chi connectivity index (χ0) is 10.7. The number of rotatable bonds is 2. The number of hydrogen-bond donors (Lipinski definition) is 1. The van der Waals surface area contributed by atoms with Gasteiger partial charge in [0, 0.05) is 25.4 Å². The second-order valence-corrected chi connectivity index (χ2v) is 3.85. The number of amides is 1. The van der Waals surface area contributed by atoms with Gasteiger partial charge >= 0.3 is 0 Å². The molecule has 1 aliphatic heterocycles. The first-order valence-corrected chi connectivity index (χ1v) is 5.17. The Kier molecular flexibility index (Phi) is 2.85. The van der Waals surface area contributed by atoms with Crippen molar-refractivity contribution in [3.8, 4) is 0 Å².